The fourth-order valence-corrected chi connectivity index (χ4v) is 1.87. The normalized spacial score (nSPS) is 10.7. The molecule has 6 heteroatoms. The van der Waals surface area contributed by atoms with E-state index in [9.17, 15) is 9.90 Å². The molecular formula is C13H9N3O3. The van der Waals surface area contributed by atoms with Crippen LogP contribution >= 0.6 is 0 Å². The zero-order valence-electron chi connectivity index (χ0n) is 9.69. The lowest BCUT2D eigenvalue weighted by Gasteiger charge is -2.05. The van der Waals surface area contributed by atoms with Crippen molar-refractivity contribution in [1.82, 2.24) is 14.8 Å². The van der Waals surface area contributed by atoms with Crippen LogP contribution in [-0.2, 0) is 0 Å². The molecule has 0 spiro atoms. The molecule has 0 radical (unpaired) electrons. The van der Waals surface area contributed by atoms with Crippen LogP contribution in [0.25, 0.3) is 16.6 Å². The Labute approximate surface area is 107 Å². The Kier molecular flexibility index (Phi) is 2.42. The fraction of sp³-hybridized carbons (Fsp3) is 0. The van der Waals surface area contributed by atoms with E-state index >= 15 is 0 Å². The Balaban J connectivity index is 2.23. The number of carboxylic acid groups (broad SMARTS) is 1. The number of nitrogens with zero attached hydrogens (tertiary/aromatic N) is 3. The van der Waals surface area contributed by atoms with Crippen LogP contribution in [-0.4, -0.2) is 30.9 Å². The molecule has 1 aromatic carbocycles. The zero-order valence-corrected chi connectivity index (χ0v) is 9.69. The number of phenolic OH excluding ortho intramolecular Hbond substituents is 1. The Morgan fingerprint density at radius 1 is 1.26 bits per heavy atom. The van der Waals surface area contributed by atoms with Gasteiger partial charge in [-0.1, -0.05) is 6.07 Å². The van der Waals surface area contributed by atoms with Crippen molar-refractivity contribution < 1.29 is 15.0 Å². The molecule has 0 bridgehead atoms. The first-order valence-electron chi connectivity index (χ1n) is 5.51. The summed E-state index contributed by atoms with van der Waals surface area (Å²) in [4.78, 5) is 15.0. The topological polar surface area (TPSA) is 88.2 Å². The zero-order chi connectivity index (χ0) is 13.4. The van der Waals surface area contributed by atoms with E-state index in [2.05, 4.69) is 10.1 Å². The minimum Gasteiger partial charge on any atom is -0.508 e. The van der Waals surface area contributed by atoms with Gasteiger partial charge in [0.25, 0.3) is 0 Å². The maximum absolute atomic E-state index is 10.8. The van der Waals surface area contributed by atoms with Crippen LogP contribution in [0.1, 0.15) is 10.4 Å². The van der Waals surface area contributed by atoms with Crippen LogP contribution in [0.2, 0.25) is 0 Å². The van der Waals surface area contributed by atoms with Crippen molar-refractivity contribution >= 4 is 16.7 Å². The average Bonchev–Trinajstić information content (AvgIpc) is 2.87. The second-order valence-corrected chi connectivity index (χ2v) is 4.02. The van der Waals surface area contributed by atoms with E-state index in [0.29, 0.717) is 11.2 Å². The van der Waals surface area contributed by atoms with E-state index in [1.54, 1.807) is 30.5 Å². The number of aromatic hydroxyl groups is 1. The molecule has 0 saturated heterocycles. The number of aromatic nitrogens is 3. The summed E-state index contributed by atoms with van der Waals surface area (Å²) in [6, 6.07) is 6.72. The van der Waals surface area contributed by atoms with Gasteiger partial charge in [0.15, 0.2) is 5.82 Å². The largest absolute Gasteiger partial charge is 0.508 e. The molecule has 19 heavy (non-hydrogen) atoms. The van der Waals surface area contributed by atoms with Crippen molar-refractivity contribution in [2.75, 3.05) is 0 Å². The number of phenols is 1. The molecule has 3 rings (SSSR count). The van der Waals surface area contributed by atoms with Crippen LogP contribution < -0.4 is 0 Å². The molecule has 2 aromatic heterocycles. The molecule has 0 unspecified atom stereocenters. The van der Waals surface area contributed by atoms with E-state index in [-0.39, 0.29) is 11.3 Å². The SMILES string of the molecule is O=C(O)c1cnn(-c2nccc3ccc(O)cc23)c1. The van der Waals surface area contributed by atoms with Gasteiger partial charge in [0.05, 0.1) is 11.8 Å². The average molecular weight is 255 g/mol. The molecule has 6 nitrogen and oxygen atoms in total. The highest BCUT2D eigenvalue weighted by atomic mass is 16.4. The maximum Gasteiger partial charge on any atom is 0.338 e. The number of aromatic carboxylic acids is 1. The second-order valence-electron chi connectivity index (χ2n) is 4.02. The van der Waals surface area contributed by atoms with Crippen LogP contribution in [0.3, 0.4) is 0 Å². The lowest BCUT2D eigenvalue weighted by atomic mass is 10.1. The lowest BCUT2D eigenvalue weighted by molar-refractivity contribution is 0.0697. The first-order valence-corrected chi connectivity index (χ1v) is 5.51. The Hall–Kier alpha value is -2.89. The molecule has 0 fully saturated rings. The molecule has 2 heterocycles. The Bertz CT molecular complexity index is 780. The van der Waals surface area contributed by atoms with Gasteiger partial charge in [0.2, 0.25) is 0 Å². The molecule has 0 aliphatic rings. The number of carboxylic acids is 1. The van der Waals surface area contributed by atoms with Gasteiger partial charge in [0.1, 0.15) is 5.75 Å². The second kappa shape index (κ2) is 4.09. The molecule has 2 N–H and O–H groups in total. The van der Waals surface area contributed by atoms with Gasteiger partial charge >= 0.3 is 5.97 Å². The lowest BCUT2D eigenvalue weighted by Crippen LogP contribution is -1.99. The summed E-state index contributed by atoms with van der Waals surface area (Å²) in [5, 5.41) is 24.0. The first kappa shape index (κ1) is 11.2. The van der Waals surface area contributed by atoms with E-state index in [4.69, 9.17) is 5.11 Å². The van der Waals surface area contributed by atoms with E-state index < -0.39 is 5.97 Å². The van der Waals surface area contributed by atoms with Gasteiger partial charge in [-0.15, -0.1) is 0 Å². The molecule has 94 valence electrons. The van der Waals surface area contributed by atoms with E-state index in [0.717, 1.165) is 5.39 Å². The van der Waals surface area contributed by atoms with Crippen molar-refractivity contribution in [3.63, 3.8) is 0 Å². The standard InChI is InChI=1S/C13H9N3O3/c17-10-2-1-8-3-4-14-12(11(8)5-10)16-7-9(6-15-16)13(18)19/h1-7,17H,(H,18,19). The maximum atomic E-state index is 10.8. The third-order valence-electron chi connectivity index (χ3n) is 2.78. The monoisotopic (exact) mass is 255 g/mol. The number of hydrogen-bond donors (Lipinski definition) is 2. The molecule has 0 aliphatic heterocycles. The van der Waals surface area contributed by atoms with Gasteiger partial charge in [-0.05, 0) is 23.6 Å². The van der Waals surface area contributed by atoms with Crippen molar-refractivity contribution in [2.45, 2.75) is 0 Å². The predicted molar refractivity (Wildman–Crippen MR) is 67.5 cm³/mol. The summed E-state index contributed by atoms with van der Waals surface area (Å²) in [5.74, 6) is -0.456. The molecular weight excluding hydrogens is 246 g/mol. The number of pyridine rings is 1. The number of rotatable bonds is 2. The Morgan fingerprint density at radius 3 is 2.84 bits per heavy atom. The highest BCUT2D eigenvalue weighted by molar-refractivity contribution is 5.90. The summed E-state index contributed by atoms with van der Waals surface area (Å²) in [5.41, 5.74) is 0.0824. The van der Waals surface area contributed by atoms with Crippen molar-refractivity contribution in [1.29, 1.82) is 0 Å². The van der Waals surface area contributed by atoms with Crippen LogP contribution in [0, 0.1) is 0 Å². The molecule has 0 aliphatic carbocycles. The Morgan fingerprint density at radius 2 is 2.11 bits per heavy atom. The minimum atomic E-state index is -1.05. The smallest absolute Gasteiger partial charge is 0.338 e. The summed E-state index contributed by atoms with van der Waals surface area (Å²) < 4.78 is 1.38. The van der Waals surface area contributed by atoms with Crippen molar-refractivity contribution in [3.8, 4) is 11.6 Å². The molecule has 0 amide bonds. The van der Waals surface area contributed by atoms with Crippen LogP contribution in [0.5, 0.6) is 5.75 Å². The van der Waals surface area contributed by atoms with Crippen LogP contribution in [0.15, 0.2) is 42.9 Å². The molecule has 0 atom stereocenters. The predicted octanol–water partition coefficient (Wildman–Crippen LogP) is 1.82. The number of benzene rings is 1. The molecule has 3 aromatic rings. The van der Waals surface area contributed by atoms with Gasteiger partial charge in [-0.2, -0.15) is 5.10 Å². The summed E-state index contributed by atoms with van der Waals surface area (Å²) in [7, 11) is 0. The highest BCUT2D eigenvalue weighted by Gasteiger charge is 2.10. The van der Waals surface area contributed by atoms with Gasteiger partial charge in [-0.3, -0.25) is 0 Å². The summed E-state index contributed by atoms with van der Waals surface area (Å²) >= 11 is 0. The van der Waals surface area contributed by atoms with E-state index in [1.807, 2.05) is 0 Å². The van der Waals surface area contributed by atoms with E-state index in [1.165, 1.54) is 17.1 Å². The van der Waals surface area contributed by atoms with Crippen molar-refractivity contribution in [2.24, 2.45) is 0 Å². The summed E-state index contributed by atoms with van der Waals surface area (Å²) in [6.45, 7) is 0. The third kappa shape index (κ3) is 1.89. The van der Waals surface area contributed by atoms with Crippen molar-refractivity contribution in [3.05, 3.63) is 48.4 Å². The van der Waals surface area contributed by atoms with Crippen LogP contribution in [0.4, 0.5) is 0 Å². The number of fused-ring (bicyclic) bond motifs is 1. The first-order chi connectivity index (χ1) is 9.15. The fourth-order valence-electron chi connectivity index (χ4n) is 1.87. The minimum absolute atomic E-state index is 0.0824. The number of carbonyl (C=O) groups is 1. The van der Waals surface area contributed by atoms with Gasteiger partial charge < -0.3 is 10.2 Å². The highest BCUT2D eigenvalue weighted by Crippen LogP contribution is 2.24. The van der Waals surface area contributed by atoms with Gasteiger partial charge in [-0.25, -0.2) is 14.5 Å². The number of hydrogen-bond acceptors (Lipinski definition) is 4. The quantitative estimate of drug-likeness (QED) is 0.729. The van der Waals surface area contributed by atoms with Gasteiger partial charge in [0, 0.05) is 17.8 Å². The molecule has 0 saturated carbocycles. The third-order valence-corrected chi connectivity index (χ3v) is 2.78. The summed E-state index contributed by atoms with van der Waals surface area (Å²) in [6.07, 6.45) is 4.25.